The standard InChI is InChI=1S/C10H23ClSi/c1-8-12(11,9(2,3)4)10(5,6)7/h8H2,1-7H3. The van der Waals surface area contributed by atoms with E-state index >= 15 is 0 Å². The van der Waals surface area contributed by atoms with E-state index in [9.17, 15) is 0 Å². The molecule has 0 aromatic rings. The van der Waals surface area contributed by atoms with Crippen LogP contribution in [0.5, 0.6) is 0 Å². The first-order valence-corrected chi connectivity index (χ1v) is 7.97. The van der Waals surface area contributed by atoms with E-state index in [1.807, 2.05) is 0 Å². The van der Waals surface area contributed by atoms with Crippen molar-refractivity contribution in [3.63, 3.8) is 0 Å². The van der Waals surface area contributed by atoms with Crippen LogP contribution in [-0.4, -0.2) is 7.38 Å². The molecular weight excluding hydrogens is 184 g/mol. The zero-order valence-electron chi connectivity index (χ0n) is 9.59. The summed E-state index contributed by atoms with van der Waals surface area (Å²) in [5, 5.41) is 0.586. The van der Waals surface area contributed by atoms with Crippen molar-refractivity contribution in [3.05, 3.63) is 0 Å². The monoisotopic (exact) mass is 206 g/mol. The molecule has 0 aromatic heterocycles. The Morgan fingerprint density at radius 1 is 0.917 bits per heavy atom. The smallest absolute Gasteiger partial charge is 0.166 e. The van der Waals surface area contributed by atoms with Crippen LogP contribution in [0, 0.1) is 0 Å². The quantitative estimate of drug-likeness (QED) is 0.428. The topological polar surface area (TPSA) is 0 Å². The fraction of sp³-hybridized carbons (Fsp3) is 1.00. The number of halogens is 1. The van der Waals surface area contributed by atoms with Crippen LogP contribution in [0.2, 0.25) is 16.1 Å². The van der Waals surface area contributed by atoms with Crippen molar-refractivity contribution in [2.24, 2.45) is 0 Å². The summed E-state index contributed by atoms with van der Waals surface area (Å²) >= 11 is 6.81. The van der Waals surface area contributed by atoms with E-state index in [0.29, 0.717) is 10.1 Å². The number of rotatable bonds is 1. The van der Waals surface area contributed by atoms with Crippen LogP contribution in [0.4, 0.5) is 0 Å². The Kier molecular flexibility index (Phi) is 3.48. The third-order valence-electron chi connectivity index (χ3n) is 2.86. The molecule has 0 atom stereocenters. The minimum absolute atomic E-state index is 0.293. The van der Waals surface area contributed by atoms with Gasteiger partial charge in [-0.3, -0.25) is 0 Å². The van der Waals surface area contributed by atoms with Crippen LogP contribution in [0.15, 0.2) is 0 Å². The molecule has 12 heavy (non-hydrogen) atoms. The molecule has 0 saturated heterocycles. The Bertz CT molecular complexity index is 136. The first kappa shape index (κ1) is 12.5. The van der Waals surface area contributed by atoms with Gasteiger partial charge in [0.1, 0.15) is 0 Å². The summed E-state index contributed by atoms with van der Waals surface area (Å²) < 4.78 is 0. The molecule has 0 N–H and O–H groups in total. The highest BCUT2D eigenvalue weighted by atomic mass is 35.6. The van der Waals surface area contributed by atoms with Crippen LogP contribution in [-0.2, 0) is 0 Å². The summed E-state index contributed by atoms with van der Waals surface area (Å²) in [6.45, 7) is 15.9. The Labute approximate surface area is 83.4 Å². The molecule has 0 radical (unpaired) electrons. The Morgan fingerprint density at radius 2 is 1.17 bits per heavy atom. The molecule has 0 aliphatic rings. The minimum atomic E-state index is -1.65. The van der Waals surface area contributed by atoms with Crippen LogP contribution in [0.1, 0.15) is 48.5 Å². The molecule has 0 aliphatic carbocycles. The van der Waals surface area contributed by atoms with Crippen molar-refractivity contribution in [2.75, 3.05) is 0 Å². The molecule has 0 bridgehead atoms. The molecule has 0 fully saturated rings. The fourth-order valence-electron chi connectivity index (χ4n) is 2.19. The average Bonchev–Trinajstić information content (AvgIpc) is 1.81. The summed E-state index contributed by atoms with van der Waals surface area (Å²) in [7, 11) is -1.65. The highest BCUT2D eigenvalue weighted by Gasteiger charge is 2.50. The van der Waals surface area contributed by atoms with Gasteiger partial charge in [0.2, 0.25) is 0 Å². The number of hydrogen-bond donors (Lipinski definition) is 0. The second kappa shape index (κ2) is 3.34. The minimum Gasteiger partial charge on any atom is -0.166 e. The normalized spacial score (nSPS) is 15.0. The zero-order chi connectivity index (χ0) is 10.2. The van der Waals surface area contributed by atoms with Crippen LogP contribution >= 0.6 is 11.1 Å². The Balaban J connectivity index is 4.95. The van der Waals surface area contributed by atoms with Crippen molar-refractivity contribution in [1.29, 1.82) is 0 Å². The first-order chi connectivity index (χ1) is 5.06. The Hall–Kier alpha value is 0.507. The van der Waals surface area contributed by atoms with E-state index in [2.05, 4.69) is 48.5 Å². The highest BCUT2D eigenvalue weighted by molar-refractivity contribution is 7.23. The summed E-state index contributed by atoms with van der Waals surface area (Å²) in [6, 6.07) is 1.15. The summed E-state index contributed by atoms with van der Waals surface area (Å²) in [4.78, 5) is 0. The molecule has 0 saturated carbocycles. The number of hydrogen-bond acceptors (Lipinski definition) is 0. The summed E-state index contributed by atoms with van der Waals surface area (Å²) in [5.41, 5.74) is 0. The lowest BCUT2D eigenvalue weighted by atomic mass is 10.2. The van der Waals surface area contributed by atoms with Gasteiger partial charge in [-0.25, -0.2) is 0 Å². The van der Waals surface area contributed by atoms with E-state index in [4.69, 9.17) is 11.1 Å². The van der Waals surface area contributed by atoms with Crippen molar-refractivity contribution < 1.29 is 0 Å². The fourth-order valence-corrected chi connectivity index (χ4v) is 6.56. The molecule has 0 unspecified atom stereocenters. The molecule has 74 valence electrons. The lowest BCUT2D eigenvalue weighted by Crippen LogP contribution is -2.45. The third-order valence-corrected chi connectivity index (χ3v) is 12.8. The lowest BCUT2D eigenvalue weighted by Gasteiger charge is -2.46. The highest BCUT2D eigenvalue weighted by Crippen LogP contribution is 2.55. The predicted octanol–water partition coefficient (Wildman–Crippen LogP) is 4.79. The summed E-state index contributed by atoms with van der Waals surface area (Å²) in [6.07, 6.45) is 0. The Morgan fingerprint density at radius 3 is 1.17 bits per heavy atom. The molecule has 0 aromatic carbocycles. The van der Waals surface area contributed by atoms with E-state index in [0.717, 1.165) is 6.04 Å². The molecule has 0 spiro atoms. The maximum atomic E-state index is 6.81. The zero-order valence-corrected chi connectivity index (χ0v) is 11.3. The van der Waals surface area contributed by atoms with Crippen LogP contribution in [0.3, 0.4) is 0 Å². The van der Waals surface area contributed by atoms with Crippen molar-refractivity contribution in [1.82, 2.24) is 0 Å². The molecule has 0 rings (SSSR count). The maximum Gasteiger partial charge on any atom is 0.166 e. The van der Waals surface area contributed by atoms with Crippen LogP contribution in [0.25, 0.3) is 0 Å². The second-order valence-electron chi connectivity index (χ2n) is 5.65. The van der Waals surface area contributed by atoms with Gasteiger partial charge >= 0.3 is 0 Å². The molecule has 0 heterocycles. The van der Waals surface area contributed by atoms with Gasteiger partial charge in [-0.1, -0.05) is 48.5 Å². The first-order valence-electron chi connectivity index (χ1n) is 4.75. The second-order valence-corrected chi connectivity index (χ2v) is 12.9. The van der Waals surface area contributed by atoms with Gasteiger partial charge in [0, 0.05) is 0 Å². The van der Waals surface area contributed by atoms with Crippen molar-refractivity contribution in [2.45, 2.75) is 64.6 Å². The van der Waals surface area contributed by atoms with Gasteiger partial charge in [0.05, 0.1) is 0 Å². The van der Waals surface area contributed by atoms with Gasteiger partial charge in [-0.2, -0.15) is 11.1 Å². The van der Waals surface area contributed by atoms with E-state index in [1.54, 1.807) is 0 Å². The molecule has 0 nitrogen and oxygen atoms in total. The molecule has 0 aliphatic heterocycles. The third kappa shape index (κ3) is 2.05. The molecule has 0 amide bonds. The van der Waals surface area contributed by atoms with Crippen LogP contribution < -0.4 is 0 Å². The van der Waals surface area contributed by atoms with Crippen molar-refractivity contribution in [3.8, 4) is 0 Å². The van der Waals surface area contributed by atoms with E-state index in [1.165, 1.54) is 0 Å². The largest absolute Gasteiger partial charge is 0.166 e. The SMILES string of the molecule is CC[Si](Cl)(C(C)(C)C)C(C)(C)C. The lowest BCUT2D eigenvalue weighted by molar-refractivity contribution is 0.629. The predicted molar refractivity (Wildman–Crippen MR) is 61.5 cm³/mol. The van der Waals surface area contributed by atoms with Gasteiger partial charge in [-0.15, -0.1) is 0 Å². The van der Waals surface area contributed by atoms with Gasteiger partial charge in [0.25, 0.3) is 0 Å². The van der Waals surface area contributed by atoms with E-state index in [-0.39, 0.29) is 0 Å². The average molecular weight is 207 g/mol. The van der Waals surface area contributed by atoms with E-state index < -0.39 is 7.38 Å². The molecular formula is C10H23ClSi. The molecule has 2 heteroatoms. The van der Waals surface area contributed by atoms with Crippen molar-refractivity contribution >= 4 is 18.5 Å². The van der Waals surface area contributed by atoms with Gasteiger partial charge in [-0.05, 0) is 16.1 Å². The maximum absolute atomic E-state index is 6.81. The summed E-state index contributed by atoms with van der Waals surface area (Å²) in [5.74, 6) is 0. The van der Waals surface area contributed by atoms with Gasteiger partial charge < -0.3 is 0 Å². The van der Waals surface area contributed by atoms with Gasteiger partial charge in [0.15, 0.2) is 7.38 Å².